The maximum Gasteiger partial charge on any atom is 0.217 e. The first-order chi connectivity index (χ1) is 36.8. The van der Waals surface area contributed by atoms with Crippen LogP contribution in [0.15, 0.2) is 0 Å². The molecule has 34 heteroatoms. The number of carbonyl (C=O) groups excluding carboxylic acids is 4. The fourth-order valence-electron chi connectivity index (χ4n) is 9.95. The Balaban J connectivity index is 1.32. The molecule has 450 valence electrons. The highest BCUT2D eigenvalue weighted by molar-refractivity contribution is 5.74. The predicted octanol–water partition coefficient (Wildman–Crippen LogP) is -12.5. The van der Waals surface area contributed by atoms with Crippen molar-refractivity contribution in [3.8, 4) is 0 Å². The second kappa shape index (κ2) is 27.7. The van der Waals surface area contributed by atoms with Gasteiger partial charge in [-0.3, -0.25) is 19.2 Å². The summed E-state index contributed by atoms with van der Waals surface area (Å²) in [6.45, 7) is 0.802. The molecule has 78 heavy (non-hydrogen) atoms. The number of aliphatic hydroxyl groups is 15. The Morgan fingerprint density at radius 2 is 0.756 bits per heavy atom. The molecule has 0 radical (unpaired) electrons. The van der Waals surface area contributed by atoms with Crippen LogP contribution in [0.4, 0.5) is 0 Å². The zero-order valence-corrected chi connectivity index (χ0v) is 42.7. The minimum Gasteiger partial charge on any atom is -0.394 e. The molecule has 6 heterocycles. The van der Waals surface area contributed by atoms with E-state index in [0.29, 0.717) is 0 Å². The van der Waals surface area contributed by atoms with Gasteiger partial charge >= 0.3 is 0 Å². The lowest BCUT2D eigenvalue weighted by molar-refractivity contribution is -0.400. The Kier molecular flexibility index (Phi) is 22.8. The molecule has 0 unspecified atom stereocenters. The lowest BCUT2D eigenvalue weighted by atomic mass is 9.93. The van der Waals surface area contributed by atoms with Gasteiger partial charge in [-0.15, -0.1) is 0 Å². The van der Waals surface area contributed by atoms with E-state index in [2.05, 4.69) is 21.3 Å². The number of carbonyl (C=O) groups is 4. The topological polar surface area (TPSA) is 521 Å². The molecule has 4 amide bonds. The van der Waals surface area contributed by atoms with Crippen molar-refractivity contribution in [3.05, 3.63) is 0 Å². The minimum atomic E-state index is -2.13. The normalized spacial score (nSPS) is 47.1. The van der Waals surface area contributed by atoms with E-state index in [0.717, 1.165) is 27.7 Å². The van der Waals surface area contributed by atoms with Crippen molar-refractivity contribution in [3.63, 3.8) is 0 Å². The third-order valence-corrected chi connectivity index (χ3v) is 14.0. The summed E-state index contributed by atoms with van der Waals surface area (Å²) in [5.74, 6) is -3.15. The molecule has 0 aromatic carbocycles. The van der Waals surface area contributed by atoms with Gasteiger partial charge in [0.2, 0.25) is 23.6 Å². The maximum absolute atomic E-state index is 12.9. The molecule has 19 N–H and O–H groups in total. The first kappa shape index (κ1) is 64.0. The molecule has 6 rings (SSSR count). The standard InChI is InChI=1S/C44H74N4O30/c1-11-25(57)33(65)34(66)43(69-11)78-38-37(77-41-22(46-13(3)54)31(63)27(59)17(7-50)72-41)28(60)18(8-51)73-44(38)75-35-19(9-52)74-42(23(32(35)64)47-14(4)55)76-36-24(48-15(5)56)39(67)70-20(29(36)61)10-68-40-21(45-12(2)53)30(62)26(58)16(6-49)71-40/h11,16-44,49-52,57-67H,6-10H2,1-5H3,(H,45,53)(H,46,54)(H,47,55)(H,48,56)/t11-,16+,17+,18+,19+,20+,21+,22+,23+,24+,25+,26+,27-,28-,29-,30+,31+,32+,33+,34-,35+,36+,37-,38+,39-,40+,41+,42-,43-,44-/m0/s1. The summed E-state index contributed by atoms with van der Waals surface area (Å²) in [7, 11) is 0. The lowest BCUT2D eigenvalue weighted by Crippen LogP contribution is -2.71. The maximum atomic E-state index is 12.9. The van der Waals surface area contributed by atoms with Crippen LogP contribution in [0.1, 0.15) is 34.6 Å². The van der Waals surface area contributed by atoms with Gasteiger partial charge in [0.25, 0.3) is 0 Å². The van der Waals surface area contributed by atoms with Crippen LogP contribution in [0, 0.1) is 0 Å². The summed E-state index contributed by atoms with van der Waals surface area (Å²) in [5.41, 5.74) is 0. The molecule has 6 aliphatic heterocycles. The van der Waals surface area contributed by atoms with Crippen molar-refractivity contribution in [1.82, 2.24) is 21.3 Å². The largest absolute Gasteiger partial charge is 0.394 e. The van der Waals surface area contributed by atoms with E-state index in [1.54, 1.807) is 0 Å². The zero-order chi connectivity index (χ0) is 57.8. The SMILES string of the molecule is CC(=O)N[C@@H]1[C@@H](O[C@@H]2O[C@H](CO)[C@@H](O[C@@H]3O[C@H](CO)[C@H](O)[C@H](O[C@H]4O[C@H](CO)[C@H](O)[C@H](O)[C@H]4NC(C)=O)[C@H]3O[C@@H]3O[C@@H](C)[C@@H](O)[C@@H](O)[C@@H]3O)[C@H](O)[C@H]2NC(C)=O)[C@@H](O)[C@@H](CO[C@@H]2O[C@H](CO)[C@@H](O)[C@H](O)[C@H]2NC(C)=O)O[C@@H]1O. The van der Waals surface area contributed by atoms with E-state index < -0.39 is 241 Å². The van der Waals surface area contributed by atoms with Gasteiger partial charge in [0.05, 0.1) is 39.1 Å². The Morgan fingerprint density at radius 1 is 0.359 bits per heavy atom. The van der Waals surface area contributed by atoms with Crippen molar-refractivity contribution < 1.29 is 148 Å². The van der Waals surface area contributed by atoms with Crippen molar-refractivity contribution in [1.29, 1.82) is 0 Å². The van der Waals surface area contributed by atoms with E-state index in [9.17, 15) is 95.8 Å². The number of rotatable bonds is 19. The monoisotopic (exact) mass is 1140 g/mol. The fourth-order valence-corrected chi connectivity index (χ4v) is 9.95. The fraction of sp³-hybridized carbons (Fsp3) is 0.909. The molecule has 0 aromatic heterocycles. The molecule has 0 bridgehead atoms. The number of ether oxygens (including phenoxy) is 11. The van der Waals surface area contributed by atoms with Crippen LogP contribution in [-0.4, -0.2) is 317 Å². The highest BCUT2D eigenvalue weighted by Gasteiger charge is 2.58. The second-order valence-electron chi connectivity index (χ2n) is 19.7. The van der Waals surface area contributed by atoms with Crippen LogP contribution < -0.4 is 21.3 Å². The molecule has 6 fully saturated rings. The predicted molar refractivity (Wildman–Crippen MR) is 244 cm³/mol. The Morgan fingerprint density at radius 3 is 1.27 bits per heavy atom. The van der Waals surface area contributed by atoms with Gasteiger partial charge in [0.1, 0.15) is 140 Å². The number of nitrogens with one attached hydrogen (secondary N) is 4. The molecule has 34 nitrogen and oxygen atoms in total. The average molecular weight is 1140 g/mol. The van der Waals surface area contributed by atoms with Gasteiger partial charge in [-0.25, -0.2) is 0 Å². The Bertz CT molecular complexity index is 1970. The number of hydrogen-bond acceptors (Lipinski definition) is 30. The van der Waals surface area contributed by atoms with Crippen LogP contribution in [0.2, 0.25) is 0 Å². The molecule has 6 saturated heterocycles. The van der Waals surface area contributed by atoms with Gasteiger partial charge in [-0.05, 0) is 6.92 Å². The molecular formula is C44H74N4O30. The van der Waals surface area contributed by atoms with Gasteiger partial charge in [-0.2, -0.15) is 0 Å². The number of aliphatic hydroxyl groups excluding tert-OH is 15. The van der Waals surface area contributed by atoms with E-state index in [1.165, 1.54) is 6.92 Å². The number of amides is 4. The molecular weight excluding hydrogens is 1060 g/mol. The minimum absolute atomic E-state index is 0.695. The van der Waals surface area contributed by atoms with Gasteiger partial charge in [-0.1, -0.05) is 0 Å². The summed E-state index contributed by atoms with van der Waals surface area (Å²) >= 11 is 0. The van der Waals surface area contributed by atoms with E-state index in [1.807, 2.05) is 0 Å². The van der Waals surface area contributed by atoms with Crippen LogP contribution >= 0.6 is 0 Å². The third kappa shape index (κ3) is 14.4. The summed E-state index contributed by atoms with van der Waals surface area (Å²) < 4.78 is 65.0. The molecule has 0 aliphatic carbocycles. The summed E-state index contributed by atoms with van der Waals surface area (Å²) in [6, 6.07) is -6.65. The first-order valence-electron chi connectivity index (χ1n) is 24.9. The smallest absolute Gasteiger partial charge is 0.217 e. The van der Waals surface area contributed by atoms with Crippen molar-refractivity contribution in [2.75, 3.05) is 33.0 Å². The van der Waals surface area contributed by atoms with Crippen LogP contribution in [0.25, 0.3) is 0 Å². The third-order valence-electron chi connectivity index (χ3n) is 14.0. The zero-order valence-electron chi connectivity index (χ0n) is 42.7. The molecule has 0 saturated carbocycles. The van der Waals surface area contributed by atoms with Crippen LogP contribution in [-0.2, 0) is 71.3 Å². The van der Waals surface area contributed by atoms with E-state index in [-0.39, 0.29) is 0 Å². The Hall–Kier alpha value is -3.16. The van der Waals surface area contributed by atoms with Crippen LogP contribution in [0.3, 0.4) is 0 Å². The molecule has 0 spiro atoms. The average Bonchev–Trinajstić information content (AvgIpc) is 3.40. The lowest BCUT2D eigenvalue weighted by Gasteiger charge is -2.51. The van der Waals surface area contributed by atoms with Crippen molar-refractivity contribution in [2.45, 2.75) is 219 Å². The van der Waals surface area contributed by atoms with Crippen molar-refractivity contribution in [2.24, 2.45) is 0 Å². The van der Waals surface area contributed by atoms with Crippen LogP contribution in [0.5, 0.6) is 0 Å². The molecule has 6 aliphatic rings. The van der Waals surface area contributed by atoms with E-state index in [4.69, 9.17) is 52.1 Å². The first-order valence-corrected chi connectivity index (χ1v) is 24.9. The Labute approximate surface area is 443 Å². The summed E-state index contributed by atoms with van der Waals surface area (Å²) in [6.07, 6.45) is -48.1. The molecule has 0 aromatic rings. The van der Waals surface area contributed by atoms with Gasteiger partial charge in [0.15, 0.2) is 37.7 Å². The van der Waals surface area contributed by atoms with E-state index >= 15 is 0 Å². The second-order valence-corrected chi connectivity index (χ2v) is 19.7. The highest BCUT2D eigenvalue weighted by atomic mass is 16.8. The molecule has 30 atom stereocenters. The van der Waals surface area contributed by atoms with Gasteiger partial charge < -0.3 is 150 Å². The van der Waals surface area contributed by atoms with Crippen molar-refractivity contribution >= 4 is 23.6 Å². The number of hydrogen-bond donors (Lipinski definition) is 19. The summed E-state index contributed by atoms with van der Waals surface area (Å²) in [5, 5.41) is 173. The van der Waals surface area contributed by atoms with Gasteiger partial charge in [0, 0.05) is 27.7 Å². The quantitative estimate of drug-likeness (QED) is 0.0571. The summed E-state index contributed by atoms with van der Waals surface area (Å²) in [4.78, 5) is 49.7. The highest BCUT2D eigenvalue weighted by Crippen LogP contribution is 2.37.